The third-order valence-electron chi connectivity index (χ3n) is 2.77. The Morgan fingerprint density at radius 3 is 3.17 bits per heavy atom. The maximum Gasteiger partial charge on any atom is 0.0111 e. The van der Waals surface area contributed by atoms with Crippen molar-refractivity contribution in [2.45, 2.75) is 19.8 Å². The molecule has 1 heteroatoms. The first-order valence-electron chi connectivity index (χ1n) is 5.00. The summed E-state index contributed by atoms with van der Waals surface area (Å²) >= 11 is 0. The van der Waals surface area contributed by atoms with E-state index < -0.39 is 0 Å². The Bertz CT molecular complexity index is 215. The van der Waals surface area contributed by atoms with Crippen molar-refractivity contribution < 1.29 is 0 Å². The molecule has 0 fully saturated rings. The summed E-state index contributed by atoms with van der Waals surface area (Å²) in [4.78, 5) is 0. The van der Waals surface area contributed by atoms with E-state index in [1.807, 2.05) is 0 Å². The minimum atomic E-state index is 0.790. The molecule has 0 heterocycles. The summed E-state index contributed by atoms with van der Waals surface area (Å²) < 4.78 is 0. The smallest absolute Gasteiger partial charge is 0.0111 e. The Morgan fingerprint density at radius 1 is 1.58 bits per heavy atom. The van der Waals surface area contributed by atoms with Crippen molar-refractivity contribution in [2.75, 3.05) is 13.1 Å². The molecule has 2 atom stereocenters. The van der Waals surface area contributed by atoms with E-state index in [1.165, 1.54) is 12.8 Å². The van der Waals surface area contributed by atoms with Gasteiger partial charge in [0.1, 0.15) is 0 Å². The molecule has 0 aromatic heterocycles. The van der Waals surface area contributed by atoms with Crippen LogP contribution in [0, 0.1) is 11.8 Å². The van der Waals surface area contributed by atoms with E-state index in [9.17, 15) is 0 Å². The highest BCUT2D eigenvalue weighted by molar-refractivity contribution is 5.36. The van der Waals surface area contributed by atoms with Crippen LogP contribution in [-0.2, 0) is 0 Å². The standard InChI is InChI=1S/C11H17N/c1-2-12-8-10-7-11(10)9-5-3-4-6-9/h3,5,7,9-10,12H,2,4,6,8H2,1H3. The van der Waals surface area contributed by atoms with Crippen LogP contribution in [-0.4, -0.2) is 13.1 Å². The fourth-order valence-electron chi connectivity index (χ4n) is 1.97. The van der Waals surface area contributed by atoms with E-state index in [0.29, 0.717) is 0 Å². The fourth-order valence-corrected chi connectivity index (χ4v) is 1.97. The van der Waals surface area contributed by atoms with Gasteiger partial charge in [-0.05, 0) is 25.3 Å². The molecule has 0 aromatic carbocycles. The molecule has 66 valence electrons. The first-order chi connectivity index (χ1) is 5.92. The number of hydrogen-bond acceptors (Lipinski definition) is 1. The maximum atomic E-state index is 3.39. The molecular weight excluding hydrogens is 146 g/mol. The van der Waals surface area contributed by atoms with Gasteiger partial charge in [0.25, 0.3) is 0 Å². The van der Waals surface area contributed by atoms with Crippen molar-refractivity contribution in [3.8, 4) is 0 Å². The minimum Gasteiger partial charge on any atom is -0.316 e. The summed E-state index contributed by atoms with van der Waals surface area (Å²) in [6.45, 7) is 4.42. The predicted octanol–water partition coefficient (Wildman–Crippen LogP) is 2.12. The van der Waals surface area contributed by atoms with Crippen LogP contribution in [0.4, 0.5) is 0 Å². The van der Waals surface area contributed by atoms with Gasteiger partial charge in [0.05, 0.1) is 0 Å². The van der Waals surface area contributed by atoms with E-state index in [2.05, 4.69) is 30.5 Å². The zero-order valence-electron chi connectivity index (χ0n) is 7.72. The molecule has 0 aliphatic heterocycles. The van der Waals surface area contributed by atoms with E-state index in [4.69, 9.17) is 0 Å². The molecule has 2 rings (SSSR count). The van der Waals surface area contributed by atoms with E-state index in [0.717, 1.165) is 24.9 Å². The Kier molecular flexibility index (Phi) is 2.31. The van der Waals surface area contributed by atoms with Crippen molar-refractivity contribution in [1.82, 2.24) is 5.32 Å². The Balaban J connectivity index is 1.72. The van der Waals surface area contributed by atoms with Crippen LogP contribution < -0.4 is 5.32 Å². The van der Waals surface area contributed by atoms with Gasteiger partial charge in [-0.2, -0.15) is 0 Å². The summed E-state index contributed by atoms with van der Waals surface area (Å²) in [7, 11) is 0. The largest absolute Gasteiger partial charge is 0.316 e. The van der Waals surface area contributed by atoms with Crippen molar-refractivity contribution in [2.24, 2.45) is 11.8 Å². The highest BCUT2D eigenvalue weighted by atomic mass is 14.9. The topological polar surface area (TPSA) is 12.0 Å². The molecular formula is C11H17N. The van der Waals surface area contributed by atoms with Crippen LogP contribution in [0.15, 0.2) is 23.8 Å². The number of nitrogens with one attached hydrogen (secondary N) is 1. The number of allylic oxidation sites excluding steroid dienone is 2. The fraction of sp³-hybridized carbons (Fsp3) is 0.636. The van der Waals surface area contributed by atoms with Gasteiger partial charge in [0, 0.05) is 12.5 Å². The Morgan fingerprint density at radius 2 is 2.50 bits per heavy atom. The zero-order valence-corrected chi connectivity index (χ0v) is 7.72. The molecule has 2 aliphatic carbocycles. The van der Waals surface area contributed by atoms with Gasteiger partial charge in [-0.25, -0.2) is 0 Å². The van der Waals surface area contributed by atoms with Crippen LogP contribution in [0.5, 0.6) is 0 Å². The molecule has 0 amide bonds. The Labute approximate surface area is 74.5 Å². The minimum absolute atomic E-state index is 0.790. The molecule has 1 N–H and O–H groups in total. The van der Waals surface area contributed by atoms with Crippen LogP contribution in [0.2, 0.25) is 0 Å². The molecule has 0 saturated heterocycles. The second-order valence-electron chi connectivity index (χ2n) is 3.69. The van der Waals surface area contributed by atoms with Crippen molar-refractivity contribution in [1.29, 1.82) is 0 Å². The van der Waals surface area contributed by atoms with Gasteiger partial charge in [-0.15, -0.1) is 0 Å². The molecule has 2 aliphatic rings. The summed E-state index contributed by atoms with van der Waals surface area (Å²) in [5.74, 6) is 1.59. The zero-order chi connectivity index (χ0) is 8.39. The van der Waals surface area contributed by atoms with Gasteiger partial charge in [0.2, 0.25) is 0 Å². The van der Waals surface area contributed by atoms with Gasteiger partial charge in [-0.3, -0.25) is 0 Å². The summed E-state index contributed by atoms with van der Waals surface area (Å²) in [6, 6.07) is 0. The lowest BCUT2D eigenvalue weighted by Crippen LogP contribution is -2.17. The van der Waals surface area contributed by atoms with Crippen LogP contribution in [0.3, 0.4) is 0 Å². The van der Waals surface area contributed by atoms with Crippen molar-refractivity contribution >= 4 is 0 Å². The highest BCUT2D eigenvalue weighted by Crippen LogP contribution is 2.40. The number of hydrogen-bond donors (Lipinski definition) is 1. The predicted molar refractivity (Wildman–Crippen MR) is 52.0 cm³/mol. The quantitative estimate of drug-likeness (QED) is 0.626. The van der Waals surface area contributed by atoms with Gasteiger partial charge in [-0.1, -0.05) is 30.7 Å². The van der Waals surface area contributed by atoms with Gasteiger partial charge in [0.15, 0.2) is 0 Å². The molecule has 0 spiro atoms. The lowest BCUT2D eigenvalue weighted by molar-refractivity contribution is 0.638. The molecule has 0 saturated carbocycles. The third kappa shape index (κ3) is 1.61. The number of rotatable bonds is 4. The van der Waals surface area contributed by atoms with Gasteiger partial charge < -0.3 is 5.32 Å². The molecule has 0 aromatic rings. The van der Waals surface area contributed by atoms with Crippen LogP contribution >= 0.6 is 0 Å². The SMILES string of the molecule is CCNCC1C=C1C1C=CCC1. The van der Waals surface area contributed by atoms with Crippen LogP contribution in [0.1, 0.15) is 19.8 Å². The molecule has 0 bridgehead atoms. The summed E-state index contributed by atoms with van der Waals surface area (Å²) in [6.07, 6.45) is 9.75. The van der Waals surface area contributed by atoms with E-state index >= 15 is 0 Å². The first kappa shape index (κ1) is 8.06. The van der Waals surface area contributed by atoms with E-state index in [-0.39, 0.29) is 0 Å². The maximum absolute atomic E-state index is 3.39. The summed E-state index contributed by atoms with van der Waals surface area (Å²) in [5, 5.41) is 3.39. The lowest BCUT2D eigenvalue weighted by atomic mass is 10.0. The second kappa shape index (κ2) is 3.44. The molecule has 1 nitrogen and oxygen atoms in total. The second-order valence-corrected chi connectivity index (χ2v) is 3.69. The molecule has 12 heavy (non-hydrogen) atoms. The van der Waals surface area contributed by atoms with Crippen molar-refractivity contribution in [3.63, 3.8) is 0 Å². The normalized spacial score (nSPS) is 32.2. The highest BCUT2D eigenvalue weighted by Gasteiger charge is 2.30. The monoisotopic (exact) mass is 163 g/mol. The Hall–Kier alpha value is -0.560. The average Bonchev–Trinajstić information content (AvgIpc) is 2.64. The average molecular weight is 163 g/mol. The van der Waals surface area contributed by atoms with Crippen LogP contribution in [0.25, 0.3) is 0 Å². The summed E-state index contributed by atoms with van der Waals surface area (Å²) in [5.41, 5.74) is 1.68. The van der Waals surface area contributed by atoms with Gasteiger partial charge >= 0.3 is 0 Å². The lowest BCUT2D eigenvalue weighted by Gasteiger charge is -2.05. The first-order valence-corrected chi connectivity index (χ1v) is 5.00. The van der Waals surface area contributed by atoms with E-state index in [1.54, 1.807) is 5.57 Å². The molecule has 0 radical (unpaired) electrons. The third-order valence-corrected chi connectivity index (χ3v) is 2.77. The van der Waals surface area contributed by atoms with Crippen molar-refractivity contribution in [3.05, 3.63) is 23.8 Å². The molecule has 2 unspecified atom stereocenters.